The molecule has 1 aliphatic carbocycles. The molecule has 0 unspecified atom stereocenters. The van der Waals surface area contributed by atoms with Crippen molar-refractivity contribution in [2.45, 2.75) is 32.6 Å². The second-order valence-corrected chi connectivity index (χ2v) is 7.25. The SMILES string of the molecule is CC(=O)N(C)c1cc(-c2[nH]c3c(c2Cc2ccccc2)C(=O)CCC3)ccn1. The molecule has 1 N–H and O–H groups in total. The zero-order chi connectivity index (χ0) is 19.7. The average Bonchev–Trinajstić information content (AvgIpc) is 3.08. The van der Waals surface area contributed by atoms with E-state index in [1.165, 1.54) is 17.4 Å². The van der Waals surface area contributed by atoms with E-state index in [1.54, 1.807) is 13.2 Å². The number of carbonyl (C=O) groups excluding carboxylic acids is 2. The fourth-order valence-electron chi connectivity index (χ4n) is 3.81. The summed E-state index contributed by atoms with van der Waals surface area (Å²) < 4.78 is 0. The van der Waals surface area contributed by atoms with E-state index in [9.17, 15) is 9.59 Å². The molecule has 0 saturated carbocycles. The Labute approximate surface area is 164 Å². The molecule has 28 heavy (non-hydrogen) atoms. The molecule has 5 heteroatoms. The molecule has 3 aromatic rings. The van der Waals surface area contributed by atoms with Crippen LogP contribution in [0.4, 0.5) is 5.82 Å². The van der Waals surface area contributed by atoms with Crippen molar-refractivity contribution >= 4 is 17.5 Å². The van der Waals surface area contributed by atoms with Crippen molar-refractivity contribution in [3.05, 3.63) is 71.0 Å². The molecule has 2 heterocycles. The van der Waals surface area contributed by atoms with Gasteiger partial charge in [0.05, 0.1) is 5.69 Å². The first kappa shape index (κ1) is 18.2. The van der Waals surface area contributed by atoms with Gasteiger partial charge in [-0.1, -0.05) is 30.3 Å². The normalized spacial score (nSPS) is 13.3. The molecule has 1 aliphatic rings. The first-order valence-corrected chi connectivity index (χ1v) is 9.56. The van der Waals surface area contributed by atoms with Crippen LogP contribution in [0, 0.1) is 0 Å². The number of aromatic nitrogens is 2. The highest BCUT2D eigenvalue weighted by molar-refractivity contribution is 6.01. The maximum atomic E-state index is 12.7. The summed E-state index contributed by atoms with van der Waals surface area (Å²) in [5.41, 5.74) is 5.96. The van der Waals surface area contributed by atoms with Crippen LogP contribution in [0.1, 0.15) is 46.9 Å². The minimum atomic E-state index is -0.0740. The van der Waals surface area contributed by atoms with E-state index >= 15 is 0 Å². The van der Waals surface area contributed by atoms with Gasteiger partial charge in [-0.15, -0.1) is 0 Å². The lowest BCUT2D eigenvalue weighted by Gasteiger charge is -2.15. The predicted octanol–water partition coefficient (Wildman–Crippen LogP) is 4.17. The Morgan fingerprint density at radius 1 is 1.18 bits per heavy atom. The third-order valence-electron chi connectivity index (χ3n) is 5.36. The summed E-state index contributed by atoms with van der Waals surface area (Å²) >= 11 is 0. The number of rotatable bonds is 4. The molecule has 5 nitrogen and oxygen atoms in total. The van der Waals surface area contributed by atoms with E-state index < -0.39 is 0 Å². The van der Waals surface area contributed by atoms with Crippen LogP contribution in [0.3, 0.4) is 0 Å². The van der Waals surface area contributed by atoms with Gasteiger partial charge in [0.1, 0.15) is 5.82 Å². The molecule has 4 rings (SSSR count). The van der Waals surface area contributed by atoms with Gasteiger partial charge in [-0.2, -0.15) is 0 Å². The molecular weight excluding hydrogens is 350 g/mol. The van der Waals surface area contributed by atoms with Crippen molar-refractivity contribution in [2.24, 2.45) is 0 Å². The van der Waals surface area contributed by atoms with E-state index in [0.29, 0.717) is 18.7 Å². The highest BCUT2D eigenvalue weighted by atomic mass is 16.2. The summed E-state index contributed by atoms with van der Waals surface area (Å²) in [4.78, 5) is 33.8. The predicted molar refractivity (Wildman–Crippen MR) is 110 cm³/mol. The van der Waals surface area contributed by atoms with Gasteiger partial charge in [-0.05, 0) is 36.1 Å². The average molecular weight is 373 g/mol. The summed E-state index contributed by atoms with van der Waals surface area (Å²) in [5.74, 6) is 0.731. The Morgan fingerprint density at radius 3 is 2.71 bits per heavy atom. The molecule has 0 spiro atoms. The summed E-state index contributed by atoms with van der Waals surface area (Å²) in [6, 6.07) is 14.0. The third kappa shape index (κ3) is 3.36. The lowest BCUT2D eigenvalue weighted by atomic mass is 9.90. The van der Waals surface area contributed by atoms with Crippen LogP contribution in [-0.2, 0) is 17.6 Å². The van der Waals surface area contributed by atoms with E-state index in [4.69, 9.17) is 0 Å². The summed E-state index contributed by atoms with van der Waals surface area (Å²) in [6.07, 6.45) is 4.76. The third-order valence-corrected chi connectivity index (χ3v) is 5.36. The van der Waals surface area contributed by atoms with Crippen molar-refractivity contribution < 1.29 is 9.59 Å². The van der Waals surface area contributed by atoms with Gasteiger partial charge >= 0.3 is 0 Å². The number of ketones is 1. The fourth-order valence-corrected chi connectivity index (χ4v) is 3.81. The molecule has 0 radical (unpaired) electrons. The maximum Gasteiger partial charge on any atom is 0.224 e. The van der Waals surface area contributed by atoms with Gasteiger partial charge in [-0.25, -0.2) is 4.98 Å². The zero-order valence-corrected chi connectivity index (χ0v) is 16.2. The van der Waals surface area contributed by atoms with Gasteiger partial charge in [0.25, 0.3) is 0 Å². The molecule has 0 aliphatic heterocycles. The monoisotopic (exact) mass is 373 g/mol. The zero-order valence-electron chi connectivity index (χ0n) is 16.2. The van der Waals surface area contributed by atoms with Crippen molar-refractivity contribution in [1.29, 1.82) is 0 Å². The highest BCUT2D eigenvalue weighted by Crippen LogP contribution is 2.35. The lowest BCUT2D eigenvalue weighted by Crippen LogP contribution is -2.23. The number of H-pyrrole nitrogens is 1. The second kappa shape index (κ2) is 7.43. The molecular formula is C23H23N3O2. The van der Waals surface area contributed by atoms with E-state index in [0.717, 1.165) is 40.9 Å². The molecule has 1 aromatic carbocycles. The fraction of sp³-hybridized carbons (Fsp3) is 0.261. The van der Waals surface area contributed by atoms with Crippen LogP contribution in [0.5, 0.6) is 0 Å². The van der Waals surface area contributed by atoms with Crippen molar-refractivity contribution in [3.63, 3.8) is 0 Å². The van der Waals surface area contributed by atoms with Crippen molar-refractivity contribution in [3.8, 4) is 11.3 Å². The summed E-state index contributed by atoms with van der Waals surface area (Å²) in [7, 11) is 1.71. The highest BCUT2D eigenvalue weighted by Gasteiger charge is 2.26. The molecule has 2 aromatic heterocycles. The smallest absolute Gasteiger partial charge is 0.224 e. The van der Waals surface area contributed by atoms with Crippen LogP contribution < -0.4 is 4.90 Å². The number of nitrogens with zero attached hydrogens (tertiary/aromatic N) is 2. The Kier molecular flexibility index (Phi) is 4.82. The Hall–Kier alpha value is -3.21. The molecule has 0 atom stereocenters. The van der Waals surface area contributed by atoms with Crippen LogP contribution in [0.25, 0.3) is 11.3 Å². The van der Waals surface area contributed by atoms with Crippen molar-refractivity contribution in [2.75, 3.05) is 11.9 Å². The molecule has 142 valence electrons. The number of nitrogens with one attached hydrogen (secondary N) is 1. The van der Waals surface area contributed by atoms with Gasteiger partial charge in [-0.3, -0.25) is 9.59 Å². The number of anilines is 1. The number of aromatic amines is 1. The number of hydrogen-bond acceptors (Lipinski definition) is 3. The number of Topliss-reactive ketones (excluding diaryl/α,β-unsaturated/α-hetero) is 1. The standard InChI is InChI=1S/C23H23N3O2/c1-15(27)26(2)21-14-17(11-12-24-21)23-18(13-16-7-4-3-5-8-16)22-19(25-23)9-6-10-20(22)28/h3-5,7-8,11-12,14,25H,6,9-10,13H2,1-2H3. The van der Waals surface area contributed by atoms with Crippen LogP contribution in [-0.4, -0.2) is 28.7 Å². The number of benzene rings is 1. The number of hydrogen-bond donors (Lipinski definition) is 1. The minimum Gasteiger partial charge on any atom is -0.358 e. The van der Waals surface area contributed by atoms with Crippen LogP contribution in [0.15, 0.2) is 48.7 Å². The molecule has 0 bridgehead atoms. The molecule has 0 fully saturated rings. The summed E-state index contributed by atoms with van der Waals surface area (Å²) in [6.45, 7) is 1.52. The Bertz CT molecular complexity index is 1040. The Balaban J connectivity index is 1.84. The number of amides is 1. The van der Waals surface area contributed by atoms with E-state index in [1.807, 2.05) is 30.3 Å². The lowest BCUT2D eigenvalue weighted by molar-refractivity contribution is -0.116. The first-order chi connectivity index (χ1) is 13.5. The number of fused-ring (bicyclic) bond motifs is 1. The van der Waals surface area contributed by atoms with Gasteiger partial charge in [0, 0.05) is 49.8 Å². The minimum absolute atomic E-state index is 0.0740. The molecule has 1 amide bonds. The maximum absolute atomic E-state index is 12.7. The van der Waals surface area contributed by atoms with E-state index in [-0.39, 0.29) is 11.7 Å². The number of aryl methyl sites for hydroxylation is 1. The number of carbonyl (C=O) groups is 2. The van der Waals surface area contributed by atoms with Gasteiger partial charge in [0.2, 0.25) is 5.91 Å². The van der Waals surface area contributed by atoms with E-state index in [2.05, 4.69) is 22.1 Å². The largest absolute Gasteiger partial charge is 0.358 e. The second-order valence-electron chi connectivity index (χ2n) is 7.25. The van der Waals surface area contributed by atoms with Crippen molar-refractivity contribution in [1.82, 2.24) is 9.97 Å². The van der Waals surface area contributed by atoms with Gasteiger partial charge < -0.3 is 9.88 Å². The van der Waals surface area contributed by atoms with Crippen LogP contribution >= 0.6 is 0 Å². The number of pyridine rings is 1. The van der Waals surface area contributed by atoms with Crippen LogP contribution in [0.2, 0.25) is 0 Å². The quantitative estimate of drug-likeness (QED) is 0.746. The summed E-state index contributed by atoms with van der Waals surface area (Å²) in [5, 5.41) is 0. The first-order valence-electron chi connectivity index (χ1n) is 9.56. The Morgan fingerprint density at radius 2 is 1.96 bits per heavy atom. The topological polar surface area (TPSA) is 66.1 Å². The molecule has 0 saturated heterocycles. The van der Waals surface area contributed by atoms with Gasteiger partial charge in [0.15, 0.2) is 5.78 Å².